The summed E-state index contributed by atoms with van der Waals surface area (Å²) < 4.78 is 43.9. The van der Waals surface area contributed by atoms with Gasteiger partial charge in [-0.2, -0.15) is 28.4 Å². The smallest absolute Gasteiger partial charge is 0.420 e. The van der Waals surface area contributed by atoms with Gasteiger partial charge in [0.1, 0.15) is 11.3 Å². The number of amides is 1. The number of pyridine rings is 1. The first-order valence-electron chi connectivity index (χ1n) is 5.20. The Kier molecular flexibility index (Phi) is 3.55. The zero-order valence-electron chi connectivity index (χ0n) is 10.0. The predicted molar refractivity (Wildman–Crippen MR) is 60.4 cm³/mol. The van der Waals surface area contributed by atoms with Crippen LogP contribution in [0.4, 0.5) is 18.9 Å². The Hall–Kier alpha value is -2.65. The highest BCUT2D eigenvalue weighted by molar-refractivity contribution is 5.75. The van der Waals surface area contributed by atoms with Crippen molar-refractivity contribution in [3.05, 3.63) is 24.0 Å². The van der Waals surface area contributed by atoms with Crippen molar-refractivity contribution in [2.45, 2.75) is 6.18 Å². The summed E-state index contributed by atoms with van der Waals surface area (Å²) in [6, 6.07) is 0.707. The van der Waals surface area contributed by atoms with Crippen LogP contribution in [-0.4, -0.2) is 33.5 Å². The highest BCUT2D eigenvalue weighted by atomic mass is 19.4. The Balaban J connectivity index is 2.68. The highest BCUT2D eigenvalue weighted by Gasteiger charge is 2.37. The molecule has 20 heavy (non-hydrogen) atoms. The first-order valence-corrected chi connectivity index (χ1v) is 5.20. The Bertz CT molecular complexity index is 612. The molecular weight excluding hydrogens is 279 g/mol. The third-order valence-electron chi connectivity index (χ3n) is 2.29. The van der Waals surface area contributed by atoms with Crippen LogP contribution in [0, 0.1) is 0 Å². The van der Waals surface area contributed by atoms with Gasteiger partial charge in [-0.25, -0.2) is 0 Å². The van der Waals surface area contributed by atoms with E-state index in [1.165, 1.54) is 19.5 Å². The molecule has 0 aromatic carbocycles. The van der Waals surface area contributed by atoms with Gasteiger partial charge in [0.15, 0.2) is 5.82 Å². The van der Waals surface area contributed by atoms with Gasteiger partial charge in [-0.05, 0) is 6.07 Å². The summed E-state index contributed by atoms with van der Waals surface area (Å²) in [7, 11) is 1.21. The van der Waals surface area contributed by atoms with E-state index >= 15 is 0 Å². The van der Waals surface area contributed by atoms with Crippen LogP contribution in [0.1, 0.15) is 5.56 Å². The zero-order chi connectivity index (χ0) is 14.8. The number of nitrogens with zero attached hydrogens (tertiary/aromatic N) is 4. The van der Waals surface area contributed by atoms with Gasteiger partial charge in [-0.3, -0.25) is 4.79 Å². The van der Waals surface area contributed by atoms with Gasteiger partial charge in [-0.1, -0.05) is 0 Å². The van der Waals surface area contributed by atoms with Crippen LogP contribution in [0.5, 0.6) is 5.88 Å². The molecule has 0 spiro atoms. The van der Waals surface area contributed by atoms with Crippen molar-refractivity contribution in [2.75, 3.05) is 12.4 Å². The van der Waals surface area contributed by atoms with E-state index < -0.39 is 17.6 Å². The number of anilines is 1. The van der Waals surface area contributed by atoms with Crippen LogP contribution in [0.25, 0.3) is 5.82 Å². The highest BCUT2D eigenvalue weighted by Crippen LogP contribution is 2.37. The second-order valence-electron chi connectivity index (χ2n) is 3.49. The molecular formula is C10H8F3N5O2. The number of aromatic nitrogens is 4. The predicted octanol–water partition coefficient (Wildman–Crippen LogP) is 1.26. The molecule has 2 aromatic rings. The quantitative estimate of drug-likeness (QED) is 0.856. The van der Waals surface area contributed by atoms with E-state index in [4.69, 9.17) is 4.74 Å². The number of carbonyl (C=O) groups is 1. The van der Waals surface area contributed by atoms with Crippen molar-refractivity contribution >= 4 is 12.1 Å². The van der Waals surface area contributed by atoms with Crippen LogP contribution < -0.4 is 10.1 Å². The number of alkyl halides is 3. The van der Waals surface area contributed by atoms with Gasteiger partial charge in [0.2, 0.25) is 12.3 Å². The number of nitrogens with one attached hydrogen (secondary N) is 1. The first-order chi connectivity index (χ1) is 9.47. The number of rotatable bonds is 4. The first kappa shape index (κ1) is 13.8. The van der Waals surface area contributed by atoms with Crippen LogP contribution in [0.15, 0.2) is 18.5 Å². The second-order valence-corrected chi connectivity index (χ2v) is 3.49. The van der Waals surface area contributed by atoms with E-state index in [2.05, 4.69) is 20.5 Å². The maximum Gasteiger partial charge on any atom is 0.420 e. The summed E-state index contributed by atoms with van der Waals surface area (Å²) in [5, 5.41) is 9.31. The molecule has 2 aromatic heterocycles. The molecule has 1 amide bonds. The molecule has 0 bridgehead atoms. The van der Waals surface area contributed by atoms with Crippen LogP contribution in [-0.2, 0) is 11.0 Å². The monoisotopic (exact) mass is 287 g/mol. The largest absolute Gasteiger partial charge is 0.479 e. The lowest BCUT2D eigenvalue weighted by atomic mass is 10.2. The molecule has 7 nitrogen and oxygen atoms in total. The van der Waals surface area contributed by atoms with Crippen LogP contribution in [0.3, 0.4) is 0 Å². The molecule has 0 aliphatic carbocycles. The fourth-order valence-corrected chi connectivity index (χ4v) is 1.50. The summed E-state index contributed by atoms with van der Waals surface area (Å²) in [4.78, 5) is 14.8. The van der Waals surface area contributed by atoms with Gasteiger partial charge in [-0.15, -0.1) is 4.80 Å². The molecule has 0 saturated heterocycles. The number of methoxy groups -OCH3 is 1. The molecule has 0 fully saturated rings. The zero-order valence-corrected chi connectivity index (χ0v) is 10.0. The summed E-state index contributed by atoms with van der Waals surface area (Å²) in [5.74, 6) is -0.729. The number of hydrogen-bond donors (Lipinski definition) is 1. The molecule has 2 rings (SSSR count). The van der Waals surface area contributed by atoms with Gasteiger partial charge < -0.3 is 10.1 Å². The van der Waals surface area contributed by atoms with Gasteiger partial charge >= 0.3 is 6.18 Å². The fraction of sp³-hybridized carbons (Fsp3) is 0.200. The maximum absolute atomic E-state index is 13.0. The lowest BCUT2D eigenvalue weighted by molar-refractivity contribution is -0.137. The third-order valence-corrected chi connectivity index (χ3v) is 2.29. The normalized spacial score (nSPS) is 11.2. The summed E-state index contributed by atoms with van der Waals surface area (Å²) in [5.41, 5.74) is -1.30. The van der Waals surface area contributed by atoms with E-state index in [0.29, 0.717) is 6.07 Å². The average molecular weight is 287 g/mol. The Labute approximate surface area is 110 Å². The SMILES string of the molecule is COc1nc(-n2nccn2)c(C(F)(F)F)cc1NC=O. The van der Waals surface area contributed by atoms with E-state index in [0.717, 1.165) is 4.80 Å². The van der Waals surface area contributed by atoms with Crippen molar-refractivity contribution in [3.8, 4) is 11.7 Å². The van der Waals surface area contributed by atoms with E-state index in [1.54, 1.807) is 0 Å². The molecule has 0 saturated carbocycles. The summed E-state index contributed by atoms with van der Waals surface area (Å²) in [6.07, 6.45) is -2.04. The second kappa shape index (κ2) is 5.15. The van der Waals surface area contributed by atoms with Crippen molar-refractivity contribution in [1.29, 1.82) is 0 Å². The fourth-order valence-electron chi connectivity index (χ4n) is 1.50. The minimum absolute atomic E-state index is 0.183. The third kappa shape index (κ3) is 2.53. The van der Waals surface area contributed by atoms with E-state index in [1.807, 2.05) is 0 Å². The Morgan fingerprint density at radius 2 is 2.00 bits per heavy atom. The Morgan fingerprint density at radius 3 is 2.50 bits per heavy atom. The summed E-state index contributed by atoms with van der Waals surface area (Å²) >= 11 is 0. The molecule has 10 heteroatoms. The molecule has 0 aliphatic heterocycles. The Morgan fingerprint density at radius 1 is 1.35 bits per heavy atom. The molecule has 0 unspecified atom stereocenters. The van der Waals surface area contributed by atoms with E-state index in [-0.39, 0.29) is 18.0 Å². The summed E-state index contributed by atoms with van der Waals surface area (Å²) in [6.45, 7) is 0. The van der Waals surface area contributed by atoms with Crippen molar-refractivity contribution in [2.24, 2.45) is 0 Å². The lowest BCUT2D eigenvalue weighted by Crippen LogP contribution is -2.16. The van der Waals surface area contributed by atoms with Crippen LogP contribution in [0.2, 0.25) is 0 Å². The molecule has 2 heterocycles. The average Bonchev–Trinajstić information content (AvgIpc) is 2.91. The molecule has 0 aliphatic rings. The van der Waals surface area contributed by atoms with E-state index in [9.17, 15) is 18.0 Å². The number of ether oxygens (including phenoxy) is 1. The van der Waals surface area contributed by atoms with Crippen LogP contribution >= 0.6 is 0 Å². The topological polar surface area (TPSA) is 81.9 Å². The molecule has 1 N–H and O–H groups in total. The van der Waals surface area contributed by atoms with Crippen molar-refractivity contribution < 1.29 is 22.7 Å². The van der Waals surface area contributed by atoms with Gasteiger partial charge in [0.25, 0.3) is 0 Å². The molecule has 0 atom stereocenters. The minimum Gasteiger partial charge on any atom is -0.479 e. The number of carbonyl (C=O) groups excluding carboxylic acids is 1. The van der Waals surface area contributed by atoms with Crippen molar-refractivity contribution in [1.82, 2.24) is 20.0 Å². The van der Waals surface area contributed by atoms with Gasteiger partial charge in [0, 0.05) is 0 Å². The molecule has 106 valence electrons. The maximum atomic E-state index is 13.0. The number of halogens is 3. The van der Waals surface area contributed by atoms with Gasteiger partial charge in [0.05, 0.1) is 19.5 Å². The lowest BCUT2D eigenvalue weighted by Gasteiger charge is -2.14. The number of hydrogen-bond acceptors (Lipinski definition) is 5. The standard InChI is InChI=1S/C10H8F3N5O2/c1-20-9-7(14-5-19)4-6(10(11,12)13)8(17-9)18-15-2-3-16-18/h2-5H,1H3,(H,14,19). The minimum atomic E-state index is -4.69. The molecule has 0 radical (unpaired) electrons. The van der Waals surface area contributed by atoms with Crippen molar-refractivity contribution in [3.63, 3.8) is 0 Å².